The van der Waals surface area contributed by atoms with Crippen LogP contribution in [-0.4, -0.2) is 4.98 Å². The number of hydrogen-bond donors (Lipinski definition) is 0. The Bertz CT molecular complexity index is 403. The lowest BCUT2D eigenvalue weighted by Crippen LogP contribution is -2.29. The number of nitrogens with zero attached hydrogens (tertiary/aromatic N) is 2. The zero-order valence-corrected chi connectivity index (χ0v) is 10.8. The van der Waals surface area contributed by atoms with Gasteiger partial charge in [-0.1, -0.05) is 25.3 Å². The van der Waals surface area contributed by atoms with Gasteiger partial charge in [0.2, 0.25) is 0 Å². The fraction of sp³-hybridized carbons (Fsp3) is 0.538. The van der Waals surface area contributed by atoms with Crippen LogP contribution in [0.15, 0.2) is 22.8 Å². The minimum Gasteiger partial charge on any atom is -0.245 e. The molecule has 2 nitrogen and oxygen atoms in total. The smallest absolute Gasteiger partial charge is 0.106 e. The van der Waals surface area contributed by atoms with Gasteiger partial charge in [0.1, 0.15) is 4.60 Å². The molecule has 1 saturated carbocycles. The molecule has 1 aromatic rings. The summed E-state index contributed by atoms with van der Waals surface area (Å²) in [6.07, 6.45) is 6.53. The third-order valence-corrected chi connectivity index (χ3v) is 3.93. The molecule has 0 aliphatic heterocycles. The molecule has 0 unspecified atom stereocenters. The molecule has 1 aliphatic rings. The van der Waals surface area contributed by atoms with E-state index < -0.39 is 0 Å². The molecule has 0 radical (unpaired) electrons. The maximum atomic E-state index is 9.02. The molecule has 0 atom stereocenters. The third-order valence-electron chi connectivity index (χ3n) is 3.49. The zero-order chi connectivity index (χ0) is 11.4. The van der Waals surface area contributed by atoms with Crippen molar-refractivity contribution in [1.82, 2.24) is 4.98 Å². The number of hydrogen-bond acceptors (Lipinski definition) is 2. The van der Waals surface area contributed by atoms with Crippen molar-refractivity contribution in [2.75, 3.05) is 0 Å². The third kappa shape index (κ3) is 2.27. The number of aromatic nitrogens is 1. The summed E-state index contributed by atoms with van der Waals surface area (Å²) in [5.74, 6) is 0. The molecule has 0 N–H and O–H groups in total. The zero-order valence-electron chi connectivity index (χ0n) is 9.25. The molecule has 0 spiro atoms. The van der Waals surface area contributed by atoms with Crippen molar-refractivity contribution >= 4 is 15.9 Å². The maximum absolute atomic E-state index is 9.02. The Morgan fingerprint density at radius 3 is 2.69 bits per heavy atom. The highest BCUT2D eigenvalue weighted by Gasteiger charge is 2.35. The van der Waals surface area contributed by atoms with Gasteiger partial charge in [0, 0.05) is 17.5 Å². The number of nitriles is 1. The predicted octanol–water partition coefficient (Wildman–Crippen LogP) is 3.96. The maximum Gasteiger partial charge on any atom is 0.106 e. The summed E-state index contributed by atoms with van der Waals surface area (Å²) in [6.45, 7) is 0. The van der Waals surface area contributed by atoms with E-state index in [4.69, 9.17) is 5.26 Å². The molecule has 0 bridgehead atoms. The highest BCUT2D eigenvalue weighted by Crippen LogP contribution is 2.41. The lowest BCUT2D eigenvalue weighted by Gasteiger charge is -2.34. The predicted molar refractivity (Wildman–Crippen MR) is 66.9 cm³/mol. The van der Waals surface area contributed by atoms with E-state index in [1.54, 1.807) is 0 Å². The van der Waals surface area contributed by atoms with Crippen LogP contribution in [0.5, 0.6) is 0 Å². The van der Waals surface area contributed by atoms with Crippen LogP contribution in [0.3, 0.4) is 0 Å². The van der Waals surface area contributed by atoms with Gasteiger partial charge in [0.15, 0.2) is 0 Å². The van der Waals surface area contributed by atoms with Crippen molar-refractivity contribution in [1.29, 1.82) is 5.26 Å². The van der Waals surface area contributed by atoms with E-state index in [0.717, 1.165) is 23.1 Å². The lowest BCUT2D eigenvalue weighted by molar-refractivity contribution is 0.290. The number of rotatable bonds is 2. The summed E-state index contributed by atoms with van der Waals surface area (Å²) in [5, 5.41) is 9.02. The second kappa shape index (κ2) is 4.97. The lowest BCUT2D eigenvalue weighted by atomic mass is 9.70. The van der Waals surface area contributed by atoms with Crippen molar-refractivity contribution in [3.8, 4) is 6.07 Å². The molecular weight excluding hydrogens is 264 g/mol. The van der Waals surface area contributed by atoms with Crippen molar-refractivity contribution in [3.05, 3.63) is 28.5 Å². The summed E-state index contributed by atoms with van der Waals surface area (Å²) >= 11 is 3.41. The van der Waals surface area contributed by atoms with E-state index in [0.29, 0.717) is 6.42 Å². The monoisotopic (exact) mass is 278 g/mol. The molecule has 0 saturated heterocycles. The summed E-state index contributed by atoms with van der Waals surface area (Å²) < 4.78 is 0.868. The molecule has 0 amide bonds. The van der Waals surface area contributed by atoms with Crippen LogP contribution in [0.25, 0.3) is 0 Å². The van der Waals surface area contributed by atoms with Gasteiger partial charge in [-0.05, 0) is 40.9 Å². The van der Waals surface area contributed by atoms with Crippen LogP contribution >= 0.6 is 15.9 Å². The Morgan fingerprint density at radius 1 is 1.31 bits per heavy atom. The van der Waals surface area contributed by atoms with Crippen LogP contribution in [0.2, 0.25) is 0 Å². The minimum atomic E-state index is 0.0107. The normalized spacial score (nSPS) is 19.0. The van der Waals surface area contributed by atoms with Crippen molar-refractivity contribution < 1.29 is 0 Å². The fourth-order valence-corrected chi connectivity index (χ4v) is 2.95. The molecule has 84 valence electrons. The van der Waals surface area contributed by atoms with Gasteiger partial charge in [0.25, 0.3) is 0 Å². The van der Waals surface area contributed by atoms with Gasteiger partial charge in [-0.3, -0.25) is 0 Å². The Morgan fingerprint density at radius 2 is 2.06 bits per heavy atom. The van der Waals surface area contributed by atoms with E-state index >= 15 is 0 Å². The summed E-state index contributed by atoms with van der Waals surface area (Å²) in [6, 6.07) is 8.35. The Hall–Kier alpha value is -0.880. The van der Waals surface area contributed by atoms with Gasteiger partial charge in [-0.15, -0.1) is 0 Å². The topological polar surface area (TPSA) is 36.7 Å². The van der Waals surface area contributed by atoms with Crippen LogP contribution < -0.4 is 0 Å². The second-order valence-corrected chi connectivity index (χ2v) is 5.33. The molecule has 1 aromatic heterocycles. The summed E-state index contributed by atoms with van der Waals surface area (Å²) in [7, 11) is 0. The van der Waals surface area contributed by atoms with Crippen LogP contribution in [0.4, 0.5) is 0 Å². The highest BCUT2D eigenvalue weighted by molar-refractivity contribution is 9.10. The SMILES string of the molecule is N#CCC1(c2cccc(Br)n2)CCCCC1. The molecule has 1 fully saturated rings. The summed E-state index contributed by atoms with van der Waals surface area (Å²) in [5.41, 5.74) is 1.10. The molecule has 1 aliphatic carbocycles. The van der Waals surface area contributed by atoms with Gasteiger partial charge < -0.3 is 0 Å². The van der Waals surface area contributed by atoms with Gasteiger partial charge >= 0.3 is 0 Å². The van der Waals surface area contributed by atoms with E-state index in [9.17, 15) is 0 Å². The van der Waals surface area contributed by atoms with Crippen LogP contribution in [0, 0.1) is 11.3 Å². The van der Waals surface area contributed by atoms with Gasteiger partial charge in [-0.2, -0.15) is 5.26 Å². The first-order valence-electron chi connectivity index (χ1n) is 5.77. The summed E-state index contributed by atoms with van der Waals surface area (Å²) in [4.78, 5) is 4.55. The van der Waals surface area contributed by atoms with Crippen LogP contribution in [0.1, 0.15) is 44.2 Å². The molecule has 0 aromatic carbocycles. The van der Waals surface area contributed by atoms with Crippen LogP contribution in [-0.2, 0) is 5.41 Å². The van der Waals surface area contributed by atoms with E-state index in [1.165, 1.54) is 19.3 Å². The average Bonchev–Trinajstić information content (AvgIpc) is 2.31. The van der Waals surface area contributed by atoms with Crippen molar-refractivity contribution in [3.63, 3.8) is 0 Å². The first-order valence-corrected chi connectivity index (χ1v) is 6.56. The van der Waals surface area contributed by atoms with E-state index in [-0.39, 0.29) is 5.41 Å². The molecule has 2 rings (SSSR count). The quantitative estimate of drug-likeness (QED) is 0.768. The minimum absolute atomic E-state index is 0.0107. The van der Waals surface area contributed by atoms with Gasteiger partial charge in [0.05, 0.1) is 6.07 Å². The van der Waals surface area contributed by atoms with Gasteiger partial charge in [-0.25, -0.2) is 4.98 Å². The largest absolute Gasteiger partial charge is 0.245 e. The van der Waals surface area contributed by atoms with Crippen molar-refractivity contribution in [2.24, 2.45) is 0 Å². The average molecular weight is 279 g/mol. The first-order chi connectivity index (χ1) is 7.77. The van der Waals surface area contributed by atoms with E-state index in [1.807, 2.05) is 12.1 Å². The Labute approximate surface area is 105 Å². The Kier molecular flexibility index (Phi) is 3.60. The molecular formula is C13H15BrN2. The highest BCUT2D eigenvalue weighted by atomic mass is 79.9. The van der Waals surface area contributed by atoms with E-state index in [2.05, 4.69) is 33.0 Å². The standard InChI is InChI=1S/C13H15BrN2/c14-12-6-4-5-11(16-12)13(9-10-15)7-2-1-3-8-13/h4-6H,1-3,7-9H2. The number of pyridine rings is 1. The molecule has 3 heteroatoms. The first kappa shape index (κ1) is 11.6. The van der Waals surface area contributed by atoms with Crippen molar-refractivity contribution in [2.45, 2.75) is 43.9 Å². The second-order valence-electron chi connectivity index (χ2n) is 4.52. The fourth-order valence-electron chi connectivity index (χ4n) is 2.61. The molecule has 1 heterocycles. The Balaban J connectivity index is 2.35. The molecule has 16 heavy (non-hydrogen) atoms. The number of halogens is 1.